The van der Waals surface area contributed by atoms with Gasteiger partial charge in [-0.05, 0) is 44.7 Å². The molecule has 0 radical (unpaired) electrons. The van der Waals surface area contributed by atoms with Crippen LogP contribution in [0, 0.1) is 5.92 Å². The lowest BCUT2D eigenvalue weighted by atomic mass is 10.0. The highest BCUT2D eigenvalue weighted by atomic mass is 35.5. The Bertz CT molecular complexity index is 236. The standard InChI is InChI=1S/C13H24N2O.ClH/c1-15(12-4-2-3-5-12)13(16)7-6-11-8-9-14-10-11;/h11-12,14H,2-10H2,1H3;1H. The largest absolute Gasteiger partial charge is 0.343 e. The minimum Gasteiger partial charge on any atom is -0.343 e. The quantitative estimate of drug-likeness (QED) is 0.841. The zero-order valence-electron chi connectivity index (χ0n) is 10.8. The van der Waals surface area contributed by atoms with Crippen molar-refractivity contribution < 1.29 is 4.79 Å². The molecule has 1 heterocycles. The summed E-state index contributed by atoms with van der Waals surface area (Å²) >= 11 is 0. The van der Waals surface area contributed by atoms with Crippen LogP contribution in [-0.2, 0) is 4.79 Å². The Morgan fingerprint density at radius 3 is 2.59 bits per heavy atom. The van der Waals surface area contributed by atoms with E-state index in [0.29, 0.717) is 11.9 Å². The summed E-state index contributed by atoms with van der Waals surface area (Å²) in [7, 11) is 1.99. The molecule has 1 atom stereocenters. The van der Waals surface area contributed by atoms with Gasteiger partial charge in [0.2, 0.25) is 5.91 Å². The van der Waals surface area contributed by atoms with E-state index in [1.807, 2.05) is 11.9 Å². The maximum atomic E-state index is 12.0. The van der Waals surface area contributed by atoms with Gasteiger partial charge in [-0.25, -0.2) is 0 Å². The molecule has 3 nitrogen and oxygen atoms in total. The van der Waals surface area contributed by atoms with Crippen molar-refractivity contribution in [3.63, 3.8) is 0 Å². The molecule has 1 unspecified atom stereocenters. The van der Waals surface area contributed by atoms with Crippen molar-refractivity contribution in [2.24, 2.45) is 5.92 Å². The van der Waals surface area contributed by atoms with E-state index in [9.17, 15) is 4.79 Å². The van der Waals surface area contributed by atoms with Crippen LogP contribution in [0.4, 0.5) is 0 Å². The van der Waals surface area contributed by atoms with E-state index < -0.39 is 0 Å². The molecule has 2 aliphatic rings. The van der Waals surface area contributed by atoms with Crippen LogP contribution in [-0.4, -0.2) is 37.0 Å². The van der Waals surface area contributed by atoms with Crippen LogP contribution in [0.15, 0.2) is 0 Å². The van der Waals surface area contributed by atoms with Crippen molar-refractivity contribution in [3.05, 3.63) is 0 Å². The first kappa shape index (κ1) is 14.8. The Labute approximate surface area is 111 Å². The summed E-state index contributed by atoms with van der Waals surface area (Å²) in [6.45, 7) is 2.25. The molecule has 1 aliphatic heterocycles. The minimum atomic E-state index is 0. The van der Waals surface area contributed by atoms with Gasteiger partial charge in [-0.1, -0.05) is 12.8 Å². The molecule has 0 aromatic heterocycles. The first-order chi connectivity index (χ1) is 7.77. The SMILES string of the molecule is CN(C(=O)CCC1CCNC1)C1CCCC1.Cl. The lowest BCUT2D eigenvalue weighted by Gasteiger charge is -2.24. The Morgan fingerprint density at radius 1 is 1.29 bits per heavy atom. The molecule has 1 aliphatic carbocycles. The second kappa shape index (κ2) is 7.22. The Morgan fingerprint density at radius 2 is 2.00 bits per heavy atom. The second-order valence-corrected chi connectivity index (χ2v) is 5.34. The van der Waals surface area contributed by atoms with Crippen molar-refractivity contribution in [2.45, 2.75) is 51.0 Å². The number of hydrogen-bond acceptors (Lipinski definition) is 2. The first-order valence-corrected chi connectivity index (χ1v) is 6.74. The van der Waals surface area contributed by atoms with Gasteiger partial charge in [0.05, 0.1) is 0 Å². The lowest BCUT2D eigenvalue weighted by Crippen LogP contribution is -2.35. The molecule has 4 heteroatoms. The maximum Gasteiger partial charge on any atom is 0.222 e. The average Bonchev–Trinajstić information content (AvgIpc) is 2.96. The molecule has 0 spiro atoms. The fourth-order valence-electron chi connectivity index (χ4n) is 2.96. The van der Waals surface area contributed by atoms with Crippen LogP contribution in [0.1, 0.15) is 44.9 Å². The summed E-state index contributed by atoms with van der Waals surface area (Å²) in [4.78, 5) is 14.0. The van der Waals surface area contributed by atoms with Crippen molar-refractivity contribution >= 4 is 18.3 Å². The van der Waals surface area contributed by atoms with Crippen LogP contribution in [0.25, 0.3) is 0 Å². The maximum absolute atomic E-state index is 12.0. The van der Waals surface area contributed by atoms with E-state index in [1.54, 1.807) is 0 Å². The Balaban J connectivity index is 0.00000144. The fraction of sp³-hybridized carbons (Fsp3) is 0.923. The average molecular weight is 261 g/mol. The topological polar surface area (TPSA) is 32.3 Å². The van der Waals surface area contributed by atoms with Crippen molar-refractivity contribution in [3.8, 4) is 0 Å². The van der Waals surface area contributed by atoms with Gasteiger partial charge in [0.1, 0.15) is 0 Å². The molecule has 2 fully saturated rings. The minimum absolute atomic E-state index is 0. The molecule has 1 saturated heterocycles. The van der Waals surface area contributed by atoms with Crippen molar-refractivity contribution in [1.82, 2.24) is 10.2 Å². The molecule has 0 bridgehead atoms. The lowest BCUT2D eigenvalue weighted by molar-refractivity contribution is -0.132. The molecular formula is C13H25ClN2O. The highest BCUT2D eigenvalue weighted by molar-refractivity contribution is 5.85. The highest BCUT2D eigenvalue weighted by Gasteiger charge is 2.24. The van der Waals surface area contributed by atoms with Crippen LogP contribution in [0.3, 0.4) is 0 Å². The molecule has 0 aromatic rings. The summed E-state index contributed by atoms with van der Waals surface area (Å²) in [5, 5.41) is 3.36. The van der Waals surface area contributed by atoms with Crippen LogP contribution in [0.5, 0.6) is 0 Å². The van der Waals surface area contributed by atoms with E-state index in [1.165, 1.54) is 32.1 Å². The Hall–Kier alpha value is -0.280. The third kappa shape index (κ3) is 4.14. The van der Waals surface area contributed by atoms with Crippen LogP contribution in [0.2, 0.25) is 0 Å². The van der Waals surface area contributed by atoms with Gasteiger partial charge in [0, 0.05) is 19.5 Å². The molecule has 1 saturated carbocycles. The highest BCUT2D eigenvalue weighted by Crippen LogP contribution is 2.23. The van der Waals surface area contributed by atoms with Crippen molar-refractivity contribution in [2.75, 3.05) is 20.1 Å². The predicted molar refractivity (Wildman–Crippen MR) is 72.5 cm³/mol. The third-order valence-corrected chi connectivity index (χ3v) is 4.19. The number of hydrogen-bond donors (Lipinski definition) is 1. The van der Waals surface area contributed by atoms with Gasteiger partial charge in [0.15, 0.2) is 0 Å². The van der Waals surface area contributed by atoms with E-state index >= 15 is 0 Å². The van der Waals surface area contributed by atoms with Gasteiger partial charge in [0.25, 0.3) is 0 Å². The number of rotatable bonds is 4. The normalized spacial score (nSPS) is 24.6. The zero-order valence-corrected chi connectivity index (χ0v) is 11.6. The van der Waals surface area contributed by atoms with Gasteiger partial charge < -0.3 is 10.2 Å². The van der Waals surface area contributed by atoms with E-state index in [2.05, 4.69) is 5.32 Å². The van der Waals surface area contributed by atoms with Crippen LogP contribution < -0.4 is 5.32 Å². The second-order valence-electron chi connectivity index (χ2n) is 5.34. The van der Waals surface area contributed by atoms with E-state index in [0.717, 1.165) is 31.8 Å². The number of carbonyl (C=O) groups is 1. The summed E-state index contributed by atoms with van der Waals surface area (Å²) < 4.78 is 0. The molecule has 2 rings (SSSR count). The first-order valence-electron chi connectivity index (χ1n) is 6.74. The summed E-state index contributed by atoms with van der Waals surface area (Å²) in [5.74, 6) is 1.10. The van der Waals surface area contributed by atoms with E-state index in [-0.39, 0.29) is 12.4 Å². The van der Waals surface area contributed by atoms with Crippen molar-refractivity contribution in [1.29, 1.82) is 0 Å². The van der Waals surface area contributed by atoms with E-state index in [4.69, 9.17) is 0 Å². The number of carbonyl (C=O) groups excluding carboxylic acids is 1. The smallest absolute Gasteiger partial charge is 0.222 e. The molecule has 17 heavy (non-hydrogen) atoms. The molecule has 0 aromatic carbocycles. The summed E-state index contributed by atoms with van der Waals surface area (Å²) in [6, 6.07) is 0.536. The summed E-state index contributed by atoms with van der Waals surface area (Å²) in [5.41, 5.74) is 0. The monoisotopic (exact) mass is 260 g/mol. The van der Waals surface area contributed by atoms with Gasteiger partial charge in [-0.2, -0.15) is 0 Å². The fourth-order valence-corrected chi connectivity index (χ4v) is 2.96. The molecule has 1 N–H and O–H groups in total. The molecule has 1 amide bonds. The number of nitrogens with one attached hydrogen (secondary N) is 1. The number of halogens is 1. The Kier molecular flexibility index (Phi) is 6.28. The molecular weight excluding hydrogens is 236 g/mol. The summed E-state index contributed by atoms with van der Waals surface area (Å²) in [6.07, 6.45) is 8.10. The number of amides is 1. The van der Waals surface area contributed by atoms with Gasteiger partial charge >= 0.3 is 0 Å². The number of nitrogens with zero attached hydrogens (tertiary/aromatic N) is 1. The van der Waals surface area contributed by atoms with Gasteiger partial charge in [-0.3, -0.25) is 4.79 Å². The predicted octanol–water partition coefficient (Wildman–Crippen LogP) is 2.20. The van der Waals surface area contributed by atoms with Gasteiger partial charge in [-0.15, -0.1) is 12.4 Å². The zero-order chi connectivity index (χ0) is 11.4. The van der Waals surface area contributed by atoms with Crippen LogP contribution >= 0.6 is 12.4 Å². The molecule has 100 valence electrons. The third-order valence-electron chi connectivity index (χ3n) is 4.19.